The molecule has 1 heterocycles. The molecular weight excluding hydrogens is 462 g/mol. The maximum absolute atomic E-state index is 6.38. The van der Waals surface area contributed by atoms with Crippen molar-refractivity contribution in [3.63, 3.8) is 0 Å². The van der Waals surface area contributed by atoms with Gasteiger partial charge >= 0.3 is 0 Å². The summed E-state index contributed by atoms with van der Waals surface area (Å²) >= 11 is 0. The van der Waals surface area contributed by atoms with Crippen molar-refractivity contribution in [3.05, 3.63) is 140 Å². The lowest BCUT2D eigenvalue weighted by Crippen LogP contribution is -2.10. The van der Waals surface area contributed by atoms with E-state index < -0.39 is 0 Å². The molecule has 2 nitrogen and oxygen atoms in total. The number of fused-ring (bicyclic) bond motifs is 3. The number of para-hydroxylation sites is 1. The molecule has 0 spiro atoms. The Balaban J connectivity index is 1.44. The van der Waals surface area contributed by atoms with E-state index in [4.69, 9.17) is 4.42 Å². The van der Waals surface area contributed by atoms with Gasteiger partial charge in [0.15, 0.2) is 0 Å². The van der Waals surface area contributed by atoms with E-state index in [0.717, 1.165) is 28.2 Å². The van der Waals surface area contributed by atoms with Gasteiger partial charge in [-0.2, -0.15) is 0 Å². The fourth-order valence-corrected chi connectivity index (χ4v) is 5.96. The van der Waals surface area contributed by atoms with Crippen molar-refractivity contribution in [2.75, 3.05) is 4.90 Å². The second kappa shape index (κ2) is 8.22. The van der Waals surface area contributed by atoms with Gasteiger partial charge in [-0.05, 0) is 69.8 Å². The molecule has 2 heteroatoms. The summed E-state index contributed by atoms with van der Waals surface area (Å²) in [7, 11) is 0. The molecule has 1 aromatic heterocycles. The molecule has 0 fully saturated rings. The highest BCUT2D eigenvalue weighted by Gasteiger charge is 2.23. The molecule has 0 radical (unpaired) electrons. The van der Waals surface area contributed by atoms with E-state index >= 15 is 0 Å². The van der Waals surface area contributed by atoms with Crippen LogP contribution in [0, 0.1) is 0 Å². The van der Waals surface area contributed by atoms with Crippen LogP contribution < -0.4 is 4.90 Å². The molecule has 0 atom stereocenters. The zero-order valence-electron chi connectivity index (χ0n) is 20.6. The molecule has 0 aliphatic carbocycles. The molecule has 178 valence electrons. The van der Waals surface area contributed by atoms with Gasteiger partial charge in [0.2, 0.25) is 0 Å². The summed E-state index contributed by atoms with van der Waals surface area (Å²) in [5.41, 5.74) is 7.65. The summed E-state index contributed by atoms with van der Waals surface area (Å²) in [6.07, 6.45) is 0. The largest absolute Gasteiger partial charge is 0.456 e. The highest BCUT2D eigenvalue weighted by atomic mass is 16.3. The number of benzene rings is 7. The van der Waals surface area contributed by atoms with Gasteiger partial charge in [0.1, 0.15) is 11.2 Å². The first kappa shape index (κ1) is 21.0. The molecule has 0 aliphatic rings. The average Bonchev–Trinajstić information content (AvgIpc) is 3.38. The molecule has 0 saturated heterocycles. The van der Waals surface area contributed by atoms with E-state index in [9.17, 15) is 0 Å². The molecule has 0 N–H and O–H groups in total. The Labute approximate surface area is 220 Å². The standard InChI is InChI=1S/C36H23NO/c1-3-10-24(11-4-1)25-18-20-27(21-19-25)37(26-12-5-2-6-13-26)31-22-23-33-36-34(31)29-15-8-7-14-28(29)30-16-9-17-32(38-33)35(30)36/h1-23H. The van der Waals surface area contributed by atoms with Crippen molar-refractivity contribution in [1.29, 1.82) is 0 Å². The van der Waals surface area contributed by atoms with Crippen molar-refractivity contribution in [2.45, 2.75) is 0 Å². The molecule has 0 saturated carbocycles. The third-order valence-corrected chi connectivity index (χ3v) is 7.62. The first-order valence-electron chi connectivity index (χ1n) is 13.0. The number of hydrogen-bond acceptors (Lipinski definition) is 2. The number of anilines is 3. The lowest BCUT2D eigenvalue weighted by Gasteiger charge is -2.27. The van der Waals surface area contributed by atoms with E-state index in [-0.39, 0.29) is 0 Å². The predicted molar refractivity (Wildman–Crippen MR) is 160 cm³/mol. The maximum Gasteiger partial charge on any atom is 0.136 e. The SMILES string of the molecule is c1ccc(-c2ccc(N(c3ccccc3)c3ccc4oc5cccc6c7ccccc7c3c4c56)cc2)cc1. The molecule has 0 unspecified atom stereocenters. The number of nitrogens with zero attached hydrogens (tertiary/aromatic N) is 1. The van der Waals surface area contributed by atoms with E-state index in [1.54, 1.807) is 0 Å². The topological polar surface area (TPSA) is 16.4 Å². The van der Waals surface area contributed by atoms with Gasteiger partial charge in [0, 0.05) is 27.5 Å². The maximum atomic E-state index is 6.38. The van der Waals surface area contributed by atoms with E-state index in [1.807, 2.05) is 0 Å². The average molecular weight is 486 g/mol. The highest BCUT2D eigenvalue weighted by Crippen LogP contribution is 2.48. The monoisotopic (exact) mass is 485 g/mol. The molecule has 7 aromatic carbocycles. The van der Waals surface area contributed by atoms with Crippen molar-refractivity contribution >= 4 is 60.5 Å². The second-order valence-corrected chi connectivity index (χ2v) is 9.74. The van der Waals surface area contributed by atoms with Crippen molar-refractivity contribution in [2.24, 2.45) is 0 Å². The Kier molecular flexibility index (Phi) is 4.55. The Morgan fingerprint density at radius 1 is 0.368 bits per heavy atom. The molecular formula is C36H23NO. The zero-order chi connectivity index (χ0) is 25.1. The van der Waals surface area contributed by atoms with Gasteiger partial charge < -0.3 is 9.32 Å². The van der Waals surface area contributed by atoms with Gasteiger partial charge in [-0.3, -0.25) is 0 Å². The normalized spacial score (nSPS) is 11.7. The minimum Gasteiger partial charge on any atom is -0.456 e. The summed E-state index contributed by atoms with van der Waals surface area (Å²) in [6, 6.07) is 49.5. The summed E-state index contributed by atoms with van der Waals surface area (Å²) in [6.45, 7) is 0. The fourth-order valence-electron chi connectivity index (χ4n) is 5.96. The van der Waals surface area contributed by atoms with Crippen LogP contribution in [0.5, 0.6) is 0 Å². The number of furan rings is 1. The molecule has 8 rings (SSSR count). The molecule has 0 amide bonds. The summed E-state index contributed by atoms with van der Waals surface area (Å²) in [5.74, 6) is 0. The first-order chi connectivity index (χ1) is 18.9. The first-order valence-corrected chi connectivity index (χ1v) is 13.0. The molecule has 0 bridgehead atoms. The minimum atomic E-state index is 0.924. The predicted octanol–water partition coefficient (Wildman–Crippen LogP) is 10.5. The summed E-state index contributed by atoms with van der Waals surface area (Å²) < 4.78 is 6.38. The van der Waals surface area contributed by atoms with Gasteiger partial charge in [-0.15, -0.1) is 0 Å². The highest BCUT2D eigenvalue weighted by molar-refractivity contribution is 6.35. The lowest BCUT2D eigenvalue weighted by atomic mass is 9.93. The smallest absolute Gasteiger partial charge is 0.136 e. The quantitative estimate of drug-likeness (QED) is 0.231. The van der Waals surface area contributed by atoms with Crippen molar-refractivity contribution in [1.82, 2.24) is 0 Å². The van der Waals surface area contributed by atoms with Crippen LogP contribution in [0.2, 0.25) is 0 Å². The minimum absolute atomic E-state index is 0.924. The van der Waals surface area contributed by atoms with Crippen molar-refractivity contribution in [3.8, 4) is 11.1 Å². The van der Waals surface area contributed by atoms with Gasteiger partial charge in [-0.1, -0.05) is 97.1 Å². The third-order valence-electron chi connectivity index (χ3n) is 7.62. The van der Waals surface area contributed by atoms with Crippen LogP contribution >= 0.6 is 0 Å². The van der Waals surface area contributed by atoms with Gasteiger partial charge in [-0.25, -0.2) is 0 Å². The summed E-state index contributed by atoms with van der Waals surface area (Å²) in [4.78, 5) is 2.37. The van der Waals surface area contributed by atoms with Crippen LogP contribution in [0.1, 0.15) is 0 Å². The molecule has 0 aliphatic heterocycles. The van der Waals surface area contributed by atoms with Gasteiger partial charge in [0.05, 0.1) is 5.69 Å². The lowest BCUT2D eigenvalue weighted by molar-refractivity contribution is 0.669. The van der Waals surface area contributed by atoms with Crippen LogP contribution in [0.15, 0.2) is 144 Å². The van der Waals surface area contributed by atoms with Crippen LogP contribution in [-0.2, 0) is 0 Å². The Bertz CT molecular complexity index is 2060. The van der Waals surface area contributed by atoms with E-state index in [1.165, 1.54) is 43.4 Å². The second-order valence-electron chi connectivity index (χ2n) is 9.74. The van der Waals surface area contributed by atoms with E-state index in [0.29, 0.717) is 0 Å². The zero-order valence-corrected chi connectivity index (χ0v) is 20.6. The molecule has 8 aromatic rings. The Morgan fingerprint density at radius 3 is 1.74 bits per heavy atom. The van der Waals surface area contributed by atoms with Gasteiger partial charge in [0.25, 0.3) is 0 Å². The number of rotatable bonds is 4. The fraction of sp³-hybridized carbons (Fsp3) is 0. The Hall–Kier alpha value is -5.08. The van der Waals surface area contributed by atoms with Crippen LogP contribution in [0.25, 0.3) is 54.6 Å². The van der Waals surface area contributed by atoms with Crippen LogP contribution in [-0.4, -0.2) is 0 Å². The third kappa shape index (κ3) is 3.07. The van der Waals surface area contributed by atoms with Crippen molar-refractivity contribution < 1.29 is 4.42 Å². The van der Waals surface area contributed by atoms with Crippen LogP contribution in [0.3, 0.4) is 0 Å². The summed E-state index contributed by atoms with van der Waals surface area (Å²) in [5, 5.41) is 7.31. The van der Waals surface area contributed by atoms with Crippen LogP contribution in [0.4, 0.5) is 17.1 Å². The van der Waals surface area contributed by atoms with E-state index in [2.05, 4.69) is 144 Å². The number of hydrogen-bond donors (Lipinski definition) is 0. The molecule has 38 heavy (non-hydrogen) atoms. The Morgan fingerprint density at radius 2 is 0.947 bits per heavy atom.